The van der Waals surface area contributed by atoms with E-state index in [2.05, 4.69) is 5.10 Å². The third kappa shape index (κ3) is 2.44. The molecule has 1 aromatic heterocycles. The van der Waals surface area contributed by atoms with E-state index in [4.69, 9.17) is 0 Å². The van der Waals surface area contributed by atoms with E-state index >= 15 is 0 Å². The van der Waals surface area contributed by atoms with Crippen LogP contribution in [0.3, 0.4) is 0 Å². The van der Waals surface area contributed by atoms with Gasteiger partial charge in [0.05, 0.1) is 16.9 Å². The Hall–Kier alpha value is -1.60. The van der Waals surface area contributed by atoms with Crippen LogP contribution in [0.2, 0.25) is 0 Å². The fraction of sp³-hybridized carbons (Fsp3) is 0.500. The van der Waals surface area contributed by atoms with E-state index in [0.29, 0.717) is 4.68 Å². The van der Waals surface area contributed by atoms with Crippen molar-refractivity contribution in [2.45, 2.75) is 19.6 Å². The monoisotopic (exact) mass is 209 g/mol. The summed E-state index contributed by atoms with van der Waals surface area (Å²) < 4.78 is 36.3. The van der Waals surface area contributed by atoms with Crippen LogP contribution in [0.4, 0.5) is 19.0 Å². The first kappa shape index (κ1) is 10.5. The minimum atomic E-state index is -4.43. The lowest BCUT2D eigenvalue weighted by atomic mass is 10.4. The summed E-state index contributed by atoms with van der Waals surface area (Å²) in [4.78, 5) is 9.35. The quantitative estimate of drug-likeness (QED) is 0.549. The SMILES string of the molecule is Cc1cc([N+](=O)[O-])nn1CC(F)(F)F. The summed E-state index contributed by atoms with van der Waals surface area (Å²) in [6, 6.07) is 0.992. The molecule has 0 saturated carbocycles. The molecule has 0 aliphatic rings. The lowest BCUT2D eigenvalue weighted by Gasteiger charge is -2.03. The third-order valence-electron chi connectivity index (χ3n) is 1.48. The number of aromatic nitrogens is 2. The summed E-state index contributed by atoms with van der Waals surface area (Å²) in [6.07, 6.45) is -4.43. The van der Waals surface area contributed by atoms with Gasteiger partial charge < -0.3 is 10.1 Å². The zero-order chi connectivity index (χ0) is 10.9. The standard InChI is InChI=1S/C6H6F3N3O2/c1-4-2-5(12(13)14)10-11(4)3-6(7,8)9/h2H,3H2,1H3. The molecule has 0 bridgehead atoms. The molecule has 5 nitrogen and oxygen atoms in total. The molecule has 8 heteroatoms. The number of alkyl halides is 3. The van der Waals surface area contributed by atoms with Gasteiger partial charge in [0, 0.05) is 0 Å². The van der Waals surface area contributed by atoms with Gasteiger partial charge in [0.25, 0.3) is 0 Å². The van der Waals surface area contributed by atoms with Gasteiger partial charge in [0.1, 0.15) is 0 Å². The van der Waals surface area contributed by atoms with Crippen LogP contribution < -0.4 is 0 Å². The van der Waals surface area contributed by atoms with Crippen molar-refractivity contribution in [3.63, 3.8) is 0 Å². The number of aryl methyl sites for hydroxylation is 1. The topological polar surface area (TPSA) is 61.0 Å². The van der Waals surface area contributed by atoms with Gasteiger partial charge in [-0.3, -0.25) is 0 Å². The Morgan fingerprint density at radius 2 is 2.21 bits per heavy atom. The second-order valence-electron chi connectivity index (χ2n) is 2.67. The first-order valence-electron chi connectivity index (χ1n) is 3.55. The zero-order valence-corrected chi connectivity index (χ0v) is 7.08. The van der Waals surface area contributed by atoms with Gasteiger partial charge in [-0.2, -0.15) is 17.9 Å². The summed E-state index contributed by atoms with van der Waals surface area (Å²) in [6.45, 7) is 0.0123. The smallest absolute Gasteiger partial charge is 0.358 e. The first-order valence-corrected chi connectivity index (χ1v) is 3.55. The molecule has 0 fully saturated rings. The predicted octanol–water partition coefficient (Wildman–Crippen LogP) is 1.66. The fourth-order valence-electron chi connectivity index (χ4n) is 0.912. The molecule has 0 aromatic carbocycles. The highest BCUT2D eigenvalue weighted by molar-refractivity contribution is 5.20. The van der Waals surface area contributed by atoms with E-state index in [0.717, 1.165) is 6.07 Å². The Balaban J connectivity index is 2.94. The van der Waals surface area contributed by atoms with Gasteiger partial charge in [-0.25, -0.2) is 0 Å². The van der Waals surface area contributed by atoms with Crippen molar-refractivity contribution in [3.8, 4) is 0 Å². The van der Waals surface area contributed by atoms with Crippen molar-refractivity contribution in [1.29, 1.82) is 0 Å². The number of rotatable bonds is 2. The van der Waals surface area contributed by atoms with Crippen LogP contribution in [-0.4, -0.2) is 20.9 Å². The van der Waals surface area contributed by atoms with Crippen molar-refractivity contribution < 1.29 is 18.1 Å². The lowest BCUT2D eigenvalue weighted by Crippen LogP contribution is -2.19. The highest BCUT2D eigenvalue weighted by atomic mass is 19.4. The molecule has 14 heavy (non-hydrogen) atoms. The van der Waals surface area contributed by atoms with E-state index < -0.39 is 23.5 Å². The third-order valence-corrected chi connectivity index (χ3v) is 1.48. The van der Waals surface area contributed by atoms with Gasteiger partial charge in [-0.15, -0.1) is 0 Å². The number of halogens is 3. The van der Waals surface area contributed by atoms with Crippen LogP contribution in [0.25, 0.3) is 0 Å². The fourth-order valence-corrected chi connectivity index (χ4v) is 0.912. The number of nitrogens with zero attached hydrogens (tertiary/aromatic N) is 3. The van der Waals surface area contributed by atoms with E-state index in [1.165, 1.54) is 6.92 Å². The maximum absolute atomic E-state index is 11.9. The average molecular weight is 209 g/mol. The van der Waals surface area contributed by atoms with Crippen molar-refractivity contribution >= 4 is 5.82 Å². The molecule has 0 amide bonds. The molecule has 0 radical (unpaired) electrons. The van der Waals surface area contributed by atoms with Crippen LogP contribution in [0, 0.1) is 17.0 Å². The molecular weight excluding hydrogens is 203 g/mol. The minimum absolute atomic E-state index is 0.106. The molecule has 0 unspecified atom stereocenters. The largest absolute Gasteiger partial charge is 0.409 e. The van der Waals surface area contributed by atoms with Gasteiger partial charge in [0.2, 0.25) is 0 Å². The van der Waals surface area contributed by atoms with Crippen molar-refractivity contribution in [2.24, 2.45) is 0 Å². The van der Waals surface area contributed by atoms with Crippen LogP contribution in [-0.2, 0) is 6.54 Å². The molecule has 1 rings (SSSR count). The molecule has 0 saturated heterocycles. The number of hydrogen-bond donors (Lipinski definition) is 0. The summed E-state index contributed by atoms with van der Waals surface area (Å²) in [5.74, 6) is -0.577. The summed E-state index contributed by atoms with van der Waals surface area (Å²) in [5.41, 5.74) is 0.106. The summed E-state index contributed by atoms with van der Waals surface area (Å²) in [5, 5.41) is 13.4. The maximum atomic E-state index is 11.9. The Morgan fingerprint density at radius 3 is 2.57 bits per heavy atom. The van der Waals surface area contributed by atoms with Crippen molar-refractivity contribution in [3.05, 3.63) is 21.9 Å². The molecule has 0 N–H and O–H groups in total. The molecule has 1 heterocycles. The van der Waals surface area contributed by atoms with Gasteiger partial charge in [-0.1, -0.05) is 0 Å². The molecular formula is C6H6F3N3O2. The molecule has 0 aliphatic carbocycles. The highest BCUT2D eigenvalue weighted by Crippen LogP contribution is 2.20. The normalized spacial score (nSPS) is 11.7. The predicted molar refractivity (Wildman–Crippen MR) is 39.7 cm³/mol. The van der Waals surface area contributed by atoms with Gasteiger partial charge >= 0.3 is 12.0 Å². The van der Waals surface area contributed by atoms with Gasteiger partial charge in [-0.05, 0) is 11.8 Å². The zero-order valence-electron chi connectivity index (χ0n) is 7.08. The van der Waals surface area contributed by atoms with E-state index in [-0.39, 0.29) is 5.69 Å². The molecule has 0 spiro atoms. The Bertz CT molecular complexity index is 358. The van der Waals surface area contributed by atoms with Crippen LogP contribution in [0.1, 0.15) is 5.69 Å². The second kappa shape index (κ2) is 3.28. The summed E-state index contributed by atoms with van der Waals surface area (Å²) >= 11 is 0. The lowest BCUT2D eigenvalue weighted by molar-refractivity contribution is -0.389. The number of hydrogen-bond acceptors (Lipinski definition) is 3. The summed E-state index contributed by atoms with van der Waals surface area (Å²) in [7, 11) is 0. The van der Waals surface area contributed by atoms with Crippen LogP contribution in [0.5, 0.6) is 0 Å². The Labute approximate surface area is 76.3 Å². The van der Waals surface area contributed by atoms with Crippen molar-refractivity contribution in [1.82, 2.24) is 9.78 Å². The highest BCUT2D eigenvalue weighted by Gasteiger charge is 2.31. The second-order valence-corrected chi connectivity index (χ2v) is 2.67. The average Bonchev–Trinajstić information content (AvgIpc) is 2.29. The van der Waals surface area contributed by atoms with Crippen LogP contribution in [0.15, 0.2) is 6.07 Å². The molecule has 1 aromatic rings. The number of nitro groups is 1. The Kier molecular flexibility index (Phi) is 2.45. The van der Waals surface area contributed by atoms with Crippen LogP contribution >= 0.6 is 0 Å². The van der Waals surface area contributed by atoms with Gasteiger partial charge in [0.15, 0.2) is 6.54 Å². The van der Waals surface area contributed by atoms with E-state index in [1.807, 2.05) is 0 Å². The molecule has 0 aliphatic heterocycles. The van der Waals surface area contributed by atoms with Crippen molar-refractivity contribution in [2.75, 3.05) is 0 Å². The Morgan fingerprint density at radius 1 is 1.64 bits per heavy atom. The van der Waals surface area contributed by atoms with E-state index in [1.54, 1.807) is 0 Å². The molecule has 0 atom stereocenters. The van der Waals surface area contributed by atoms with E-state index in [9.17, 15) is 23.3 Å². The maximum Gasteiger partial charge on any atom is 0.409 e. The first-order chi connectivity index (χ1) is 6.29. The minimum Gasteiger partial charge on any atom is -0.358 e. The molecule has 78 valence electrons.